The van der Waals surface area contributed by atoms with Crippen LogP contribution in [0.25, 0.3) is 10.8 Å². The molecule has 32 heavy (non-hydrogen) atoms. The maximum Gasteiger partial charge on any atom is 0.289 e. The molecular formula is C23H18ClN3O4S. The number of halogens is 1. The third-order valence-corrected chi connectivity index (χ3v) is 6.20. The minimum absolute atomic E-state index is 0.181. The number of nitrogens with one attached hydrogen (secondary N) is 2. The number of anilines is 2. The first kappa shape index (κ1) is 21.9. The van der Waals surface area contributed by atoms with Gasteiger partial charge in [0.15, 0.2) is 0 Å². The summed E-state index contributed by atoms with van der Waals surface area (Å²) in [6, 6.07) is 19.6. The SMILES string of the molecule is O=C(CC1SC(=O)N(CC(=O)Nc2cccc3ccccc23)C1=O)Nc1ccc(Cl)cc1. The van der Waals surface area contributed by atoms with E-state index in [0.29, 0.717) is 16.4 Å². The Morgan fingerprint density at radius 3 is 2.41 bits per heavy atom. The van der Waals surface area contributed by atoms with Gasteiger partial charge in [-0.05, 0) is 35.7 Å². The Morgan fingerprint density at radius 1 is 0.906 bits per heavy atom. The molecule has 0 radical (unpaired) electrons. The molecule has 0 bridgehead atoms. The van der Waals surface area contributed by atoms with Crippen LogP contribution in [0.1, 0.15) is 6.42 Å². The molecule has 9 heteroatoms. The Hall–Kier alpha value is -3.36. The van der Waals surface area contributed by atoms with Gasteiger partial charge in [0.05, 0.1) is 0 Å². The molecule has 2 N–H and O–H groups in total. The van der Waals surface area contributed by atoms with Crippen molar-refractivity contribution in [2.24, 2.45) is 0 Å². The molecule has 0 aliphatic carbocycles. The van der Waals surface area contributed by atoms with Gasteiger partial charge in [-0.3, -0.25) is 24.1 Å². The average Bonchev–Trinajstić information content (AvgIpc) is 3.03. The molecule has 3 aromatic rings. The van der Waals surface area contributed by atoms with Gasteiger partial charge in [0.1, 0.15) is 11.8 Å². The number of rotatable bonds is 6. The Labute approximate surface area is 193 Å². The van der Waals surface area contributed by atoms with Gasteiger partial charge in [-0.15, -0.1) is 0 Å². The van der Waals surface area contributed by atoms with Crippen molar-refractivity contribution in [1.82, 2.24) is 4.90 Å². The first-order valence-electron chi connectivity index (χ1n) is 9.76. The van der Waals surface area contributed by atoms with E-state index in [-0.39, 0.29) is 6.42 Å². The molecule has 1 aliphatic heterocycles. The van der Waals surface area contributed by atoms with Crippen molar-refractivity contribution in [3.8, 4) is 0 Å². The highest BCUT2D eigenvalue weighted by Gasteiger charge is 2.41. The highest BCUT2D eigenvalue weighted by molar-refractivity contribution is 8.15. The lowest BCUT2D eigenvalue weighted by molar-refractivity contribution is -0.131. The van der Waals surface area contributed by atoms with Gasteiger partial charge in [0, 0.05) is 28.2 Å². The summed E-state index contributed by atoms with van der Waals surface area (Å²) < 4.78 is 0. The summed E-state index contributed by atoms with van der Waals surface area (Å²) in [5.74, 6) is -1.46. The maximum atomic E-state index is 12.7. The molecule has 3 aromatic carbocycles. The monoisotopic (exact) mass is 467 g/mol. The highest BCUT2D eigenvalue weighted by atomic mass is 35.5. The summed E-state index contributed by atoms with van der Waals surface area (Å²) in [7, 11) is 0. The van der Waals surface area contributed by atoms with Crippen LogP contribution in [0.15, 0.2) is 66.7 Å². The number of carbonyl (C=O) groups excluding carboxylic acids is 4. The van der Waals surface area contributed by atoms with Gasteiger partial charge in [-0.1, -0.05) is 59.8 Å². The van der Waals surface area contributed by atoms with Crippen LogP contribution in [0.5, 0.6) is 0 Å². The zero-order chi connectivity index (χ0) is 22.7. The molecule has 0 spiro atoms. The third-order valence-electron chi connectivity index (χ3n) is 4.87. The molecule has 7 nitrogen and oxygen atoms in total. The number of imide groups is 1. The summed E-state index contributed by atoms with van der Waals surface area (Å²) in [5.41, 5.74) is 1.13. The van der Waals surface area contributed by atoms with E-state index >= 15 is 0 Å². The molecule has 4 rings (SSSR count). The Bertz CT molecular complexity index is 1210. The van der Waals surface area contributed by atoms with Crippen LogP contribution in [-0.2, 0) is 14.4 Å². The van der Waals surface area contributed by atoms with Crippen molar-refractivity contribution in [3.63, 3.8) is 0 Å². The van der Waals surface area contributed by atoms with Crippen LogP contribution in [0.3, 0.4) is 0 Å². The van der Waals surface area contributed by atoms with Gasteiger partial charge in [0.2, 0.25) is 17.7 Å². The predicted octanol–water partition coefficient (Wildman–Crippen LogP) is 4.52. The number of fused-ring (bicyclic) bond motifs is 1. The van der Waals surface area contributed by atoms with Crippen molar-refractivity contribution >= 4 is 68.5 Å². The minimum Gasteiger partial charge on any atom is -0.326 e. The summed E-state index contributed by atoms with van der Waals surface area (Å²) in [4.78, 5) is 50.7. The topological polar surface area (TPSA) is 95.6 Å². The molecule has 1 fully saturated rings. The van der Waals surface area contributed by atoms with Crippen LogP contribution in [0, 0.1) is 0 Å². The van der Waals surface area contributed by atoms with Gasteiger partial charge >= 0.3 is 0 Å². The number of amides is 4. The van der Waals surface area contributed by atoms with Crippen molar-refractivity contribution in [1.29, 1.82) is 0 Å². The number of benzene rings is 3. The summed E-state index contributed by atoms with van der Waals surface area (Å²) in [6.07, 6.45) is -0.181. The lowest BCUT2D eigenvalue weighted by Crippen LogP contribution is -2.38. The van der Waals surface area contributed by atoms with E-state index in [1.54, 1.807) is 30.3 Å². The van der Waals surface area contributed by atoms with E-state index < -0.39 is 34.8 Å². The minimum atomic E-state index is -0.875. The lowest BCUT2D eigenvalue weighted by Gasteiger charge is -2.14. The molecule has 162 valence electrons. The van der Waals surface area contributed by atoms with E-state index in [0.717, 1.165) is 27.4 Å². The van der Waals surface area contributed by atoms with Crippen LogP contribution < -0.4 is 10.6 Å². The second-order valence-corrected chi connectivity index (χ2v) is 8.72. The third kappa shape index (κ3) is 4.92. The second kappa shape index (κ2) is 9.42. The van der Waals surface area contributed by atoms with E-state index in [1.807, 2.05) is 36.4 Å². The van der Waals surface area contributed by atoms with E-state index in [9.17, 15) is 19.2 Å². The van der Waals surface area contributed by atoms with Gasteiger partial charge < -0.3 is 10.6 Å². The van der Waals surface area contributed by atoms with Crippen LogP contribution in [-0.4, -0.2) is 39.7 Å². The summed E-state index contributed by atoms with van der Waals surface area (Å²) in [5, 5.41) is 6.35. The largest absolute Gasteiger partial charge is 0.326 e. The number of hydrogen-bond acceptors (Lipinski definition) is 5. The van der Waals surface area contributed by atoms with Crippen LogP contribution in [0.4, 0.5) is 16.2 Å². The number of hydrogen-bond donors (Lipinski definition) is 2. The highest BCUT2D eigenvalue weighted by Crippen LogP contribution is 2.30. The molecule has 4 amide bonds. The van der Waals surface area contributed by atoms with Crippen molar-refractivity contribution < 1.29 is 19.2 Å². The zero-order valence-electron chi connectivity index (χ0n) is 16.7. The van der Waals surface area contributed by atoms with Crippen molar-refractivity contribution in [3.05, 3.63) is 71.8 Å². The first-order chi connectivity index (χ1) is 15.4. The fraction of sp³-hybridized carbons (Fsp3) is 0.130. The Kier molecular flexibility index (Phi) is 6.43. The van der Waals surface area contributed by atoms with Crippen molar-refractivity contribution in [2.75, 3.05) is 17.2 Å². The molecule has 1 heterocycles. The summed E-state index contributed by atoms with van der Waals surface area (Å²) >= 11 is 6.57. The van der Waals surface area contributed by atoms with Gasteiger partial charge in [-0.2, -0.15) is 0 Å². The van der Waals surface area contributed by atoms with E-state index in [2.05, 4.69) is 10.6 Å². The van der Waals surface area contributed by atoms with E-state index in [1.165, 1.54) is 0 Å². The Balaban J connectivity index is 1.36. The smallest absolute Gasteiger partial charge is 0.289 e. The molecule has 1 saturated heterocycles. The number of nitrogens with zero attached hydrogens (tertiary/aromatic N) is 1. The normalized spacial score (nSPS) is 15.8. The summed E-state index contributed by atoms with van der Waals surface area (Å²) in [6.45, 7) is -0.414. The van der Waals surface area contributed by atoms with E-state index in [4.69, 9.17) is 11.6 Å². The fourth-order valence-electron chi connectivity index (χ4n) is 3.35. The molecule has 0 saturated carbocycles. The van der Waals surface area contributed by atoms with Crippen molar-refractivity contribution in [2.45, 2.75) is 11.7 Å². The van der Waals surface area contributed by atoms with Crippen LogP contribution >= 0.6 is 23.4 Å². The maximum absolute atomic E-state index is 12.7. The van der Waals surface area contributed by atoms with Gasteiger partial charge in [0.25, 0.3) is 5.24 Å². The first-order valence-corrected chi connectivity index (χ1v) is 11.0. The Morgan fingerprint density at radius 2 is 1.62 bits per heavy atom. The molecule has 1 atom stereocenters. The molecule has 0 aromatic heterocycles. The average molecular weight is 468 g/mol. The number of thioether (sulfide) groups is 1. The predicted molar refractivity (Wildman–Crippen MR) is 126 cm³/mol. The standard InChI is InChI=1S/C23H18ClN3O4S/c24-15-8-10-16(11-9-15)25-20(28)12-19-22(30)27(23(31)32-19)13-21(29)26-18-7-3-5-14-4-1-2-6-17(14)18/h1-11,19H,12-13H2,(H,25,28)(H,26,29). The molecule has 1 aliphatic rings. The fourth-order valence-corrected chi connectivity index (χ4v) is 4.47. The quantitative estimate of drug-likeness (QED) is 0.555. The zero-order valence-corrected chi connectivity index (χ0v) is 18.3. The molecule has 1 unspecified atom stereocenters. The van der Waals surface area contributed by atoms with Gasteiger partial charge in [-0.25, -0.2) is 0 Å². The van der Waals surface area contributed by atoms with Crippen LogP contribution in [0.2, 0.25) is 5.02 Å². The lowest BCUT2D eigenvalue weighted by atomic mass is 10.1. The molecular weight excluding hydrogens is 450 g/mol. The second-order valence-electron chi connectivity index (χ2n) is 7.13. The number of carbonyl (C=O) groups is 4.